The highest BCUT2D eigenvalue weighted by molar-refractivity contribution is 7.78. The van der Waals surface area contributed by atoms with E-state index >= 15 is 0 Å². The lowest BCUT2D eigenvalue weighted by Crippen LogP contribution is -2.46. The van der Waals surface area contributed by atoms with Gasteiger partial charge in [0.2, 0.25) is 0 Å². The van der Waals surface area contributed by atoms with Crippen LogP contribution >= 0.6 is 12.2 Å². The number of thiocarbonyl (C=S) groups is 1. The highest BCUT2D eigenvalue weighted by Gasteiger charge is 2.41. The molecule has 2 aliphatic heterocycles. The molecule has 3 aromatic rings. The maximum absolute atomic E-state index is 13.6. The second-order valence-corrected chi connectivity index (χ2v) is 9.99. The Kier molecular flexibility index (Phi) is 7.98. The van der Waals surface area contributed by atoms with Crippen LogP contribution in [-0.2, 0) is 11.2 Å². The van der Waals surface area contributed by atoms with E-state index in [0.29, 0.717) is 12.1 Å². The predicted molar refractivity (Wildman–Crippen MR) is 142 cm³/mol. The molecule has 0 aromatic heterocycles. The van der Waals surface area contributed by atoms with Crippen molar-refractivity contribution in [2.24, 2.45) is 4.99 Å². The third-order valence-corrected chi connectivity index (χ3v) is 7.60. The van der Waals surface area contributed by atoms with Crippen LogP contribution in [0.15, 0.2) is 77.8 Å². The third-order valence-electron chi connectivity index (χ3n) is 7.51. The van der Waals surface area contributed by atoms with Crippen molar-refractivity contribution in [2.75, 3.05) is 6.54 Å². The fourth-order valence-electron chi connectivity index (χ4n) is 5.77. The minimum absolute atomic E-state index is 0.119. The van der Waals surface area contributed by atoms with Gasteiger partial charge in [-0.2, -0.15) is 4.99 Å². The molecule has 2 bridgehead atoms. The predicted octanol–water partition coefficient (Wildman–Crippen LogP) is 7.43. The van der Waals surface area contributed by atoms with Crippen molar-refractivity contribution in [3.8, 4) is 0 Å². The quantitative estimate of drug-likeness (QED) is 0.224. The van der Waals surface area contributed by atoms with Crippen molar-refractivity contribution in [1.82, 2.24) is 4.90 Å². The van der Waals surface area contributed by atoms with E-state index in [-0.39, 0.29) is 23.8 Å². The Balaban J connectivity index is 1.21. The maximum atomic E-state index is 13.6. The van der Waals surface area contributed by atoms with E-state index in [1.54, 1.807) is 24.3 Å². The molecule has 0 spiro atoms. The number of aliphatic imine (C=N–C) groups is 1. The molecule has 0 amide bonds. The van der Waals surface area contributed by atoms with Crippen LogP contribution < -0.4 is 0 Å². The second kappa shape index (κ2) is 11.5. The Bertz CT molecular complexity index is 1130. The molecule has 3 nitrogen and oxygen atoms in total. The number of rotatable bonds is 9. The second-order valence-electron chi connectivity index (χ2n) is 9.81. The number of halogens is 2. The number of isothiocyanates is 1. The third kappa shape index (κ3) is 5.96. The molecule has 5 rings (SSSR count). The van der Waals surface area contributed by atoms with Crippen LogP contribution in [0.4, 0.5) is 14.5 Å². The van der Waals surface area contributed by atoms with E-state index in [1.807, 2.05) is 12.1 Å². The van der Waals surface area contributed by atoms with Crippen LogP contribution in [0, 0.1) is 11.6 Å². The van der Waals surface area contributed by atoms with Gasteiger partial charge in [-0.15, -0.1) is 0 Å². The maximum Gasteiger partial charge on any atom is 0.123 e. The van der Waals surface area contributed by atoms with Gasteiger partial charge >= 0.3 is 0 Å². The Morgan fingerprint density at radius 1 is 0.861 bits per heavy atom. The van der Waals surface area contributed by atoms with Crippen LogP contribution in [0.25, 0.3) is 0 Å². The van der Waals surface area contributed by atoms with E-state index in [1.165, 1.54) is 42.7 Å². The number of fused-ring (bicyclic) bond motifs is 2. The highest BCUT2D eigenvalue weighted by Crippen LogP contribution is 2.40. The fraction of sp³-hybridized carbons (Fsp3) is 0.367. The first kappa shape index (κ1) is 24.9. The molecule has 186 valence electrons. The van der Waals surface area contributed by atoms with Gasteiger partial charge in [0.05, 0.1) is 17.0 Å². The van der Waals surface area contributed by atoms with Gasteiger partial charge in [0, 0.05) is 12.1 Å². The summed E-state index contributed by atoms with van der Waals surface area (Å²) >= 11 is 4.67. The zero-order valence-corrected chi connectivity index (χ0v) is 21.0. The van der Waals surface area contributed by atoms with Crippen LogP contribution in [0.3, 0.4) is 0 Å². The van der Waals surface area contributed by atoms with Crippen LogP contribution in [-0.4, -0.2) is 34.8 Å². The summed E-state index contributed by atoms with van der Waals surface area (Å²) in [6.45, 7) is 1.08. The molecule has 0 radical (unpaired) electrons. The average molecular weight is 505 g/mol. The van der Waals surface area contributed by atoms with E-state index < -0.39 is 0 Å². The van der Waals surface area contributed by atoms with E-state index in [2.05, 4.69) is 39.4 Å². The lowest BCUT2D eigenvalue weighted by Gasteiger charge is -2.40. The van der Waals surface area contributed by atoms with E-state index in [9.17, 15) is 8.78 Å². The zero-order chi connectivity index (χ0) is 24.9. The summed E-state index contributed by atoms with van der Waals surface area (Å²) in [5, 5.41) is 2.41. The minimum Gasteiger partial charge on any atom is -0.365 e. The lowest BCUT2D eigenvalue weighted by atomic mass is 9.96. The number of benzene rings is 3. The molecule has 2 unspecified atom stereocenters. The van der Waals surface area contributed by atoms with Crippen molar-refractivity contribution in [3.05, 3.63) is 101 Å². The Hall–Kier alpha value is -2.76. The van der Waals surface area contributed by atoms with Crippen molar-refractivity contribution in [1.29, 1.82) is 0 Å². The van der Waals surface area contributed by atoms with Crippen molar-refractivity contribution in [3.63, 3.8) is 0 Å². The summed E-state index contributed by atoms with van der Waals surface area (Å²) in [4.78, 5) is 6.69. The van der Waals surface area contributed by atoms with Gasteiger partial charge < -0.3 is 4.74 Å². The number of aryl methyl sites for hydroxylation is 1. The molecule has 0 saturated carbocycles. The monoisotopic (exact) mass is 504 g/mol. The highest BCUT2D eigenvalue weighted by atomic mass is 32.1. The van der Waals surface area contributed by atoms with Gasteiger partial charge in [0.15, 0.2) is 0 Å². The summed E-state index contributed by atoms with van der Waals surface area (Å²) in [5.41, 5.74) is 3.93. The molecule has 6 heteroatoms. The van der Waals surface area contributed by atoms with Crippen molar-refractivity contribution in [2.45, 2.75) is 62.8 Å². The van der Waals surface area contributed by atoms with Gasteiger partial charge in [-0.05, 0) is 110 Å². The molecule has 36 heavy (non-hydrogen) atoms. The molecule has 2 fully saturated rings. The molecule has 0 aliphatic carbocycles. The smallest absolute Gasteiger partial charge is 0.123 e. The first-order valence-electron chi connectivity index (χ1n) is 12.7. The van der Waals surface area contributed by atoms with Gasteiger partial charge in [-0.3, -0.25) is 4.90 Å². The summed E-state index contributed by atoms with van der Waals surface area (Å²) in [5.74, 6) is -0.551. The number of ether oxygens (including phenoxy) is 1. The van der Waals surface area contributed by atoms with Crippen LogP contribution in [0.2, 0.25) is 0 Å². The normalized spacial score (nSPS) is 21.5. The van der Waals surface area contributed by atoms with Crippen LogP contribution in [0.5, 0.6) is 0 Å². The number of nitrogens with zero attached hydrogens (tertiary/aromatic N) is 2. The van der Waals surface area contributed by atoms with E-state index in [0.717, 1.165) is 49.0 Å². The average Bonchev–Trinajstić information content (AvgIpc) is 3.12. The van der Waals surface area contributed by atoms with Crippen molar-refractivity contribution >= 4 is 23.1 Å². The van der Waals surface area contributed by atoms with Gasteiger partial charge in [0.1, 0.15) is 17.7 Å². The Morgan fingerprint density at radius 3 is 1.94 bits per heavy atom. The van der Waals surface area contributed by atoms with E-state index in [4.69, 9.17) is 4.74 Å². The minimum atomic E-state index is -0.340. The first-order chi connectivity index (χ1) is 17.6. The van der Waals surface area contributed by atoms with Crippen molar-refractivity contribution < 1.29 is 13.5 Å². The molecule has 2 saturated heterocycles. The molecule has 0 N–H and O–H groups in total. The zero-order valence-electron chi connectivity index (χ0n) is 20.2. The molecule has 3 aromatic carbocycles. The lowest BCUT2D eigenvalue weighted by molar-refractivity contribution is -0.0483. The molecule has 2 aliphatic rings. The van der Waals surface area contributed by atoms with Crippen LogP contribution in [0.1, 0.15) is 54.9 Å². The Morgan fingerprint density at radius 2 is 1.42 bits per heavy atom. The topological polar surface area (TPSA) is 24.8 Å². The molecular formula is C30H30F2N2OS. The summed E-state index contributed by atoms with van der Waals surface area (Å²) < 4.78 is 33.8. The number of piperidine rings is 1. The van der Waals surface area contributed by atoms with Gasteiger partial charge in [0.25, 0.3) is 0 Å². The van der Waals surface area contributed by atoms with Gasteiger partial charge in [-0.25, -0.2) is 8.78 Å². The largest absolute Gasteiger partial charge is 0.365 e. The fourth-order valence-corrected chi connectivity index (χ4v) is 5.88. The summed E-state index contributed by atoms with van der Waals surface area (Å²) in [6, 6.07) is 22.1. The molecule has 2 heterocycles. The van der Waals surface area contributed by atoms with Gasteiger partial charge in [-0.1, -0.05) is 36.4 Å². The molecular weight excluding hydrogens is 474 g/mol. The molecule has 2 atom stereocenters. The Labute approximate surface area is 216 Å². The first-order valence-corrected chi connectivity index (χ1v) is 13.1. The standard InChI is InChI=1S/C30H30F2N2OS/c31-24-9-5-22(6-10-24)30(23-7-11-25(32)12-8-23)35-29-18-27-15-16-28(19-29)34(27)17-1-2-21-3-13-26(14-4-21)33-20-36/h3-14,27-30H,1-2,15-19H2. The number of hydrogen-bond donors (Lipinski definition) is 0. The SMILES string of the molecule is Fc1ccc(C(OC2CC3CCC(C2)N3CCCc2ccc(N=C=S)cc2)c2ccc(F)cc2)cc1. The number of hydrogen-bond acceptors (Lipinski definition) is 4. The summed E-state index contributed by atoms with van der Waals surface area (Å²) in [7, 11) is 0. The summed E-state index contributed by atoms with van der Waals surface area (Å²) in [6.07, 6.45) is 6.30.